The summed E-state index contributed by atoms with van der Waals surface area (Å²) in [5.74, 6) is -0.219. The van der Waals surface area contributed by atoms with Crippen LogP contribution in [0.15, 0.2) is 106 Å². The number of aromatic nitrogens is 2. The van der Waals surface area contributed by atoms with E-state index in [-0.39, 0.29) is 17.2 Å². The number of fused-ring (bicyclic) bond motifs is 2. The molecule has 0 bridgehead atoms. The van der Waals surface area contributed by atoms with Gasteiger partial charge in [-0.3, -0.25) is 14.2 Å². The molecule has 0 atom stereocenters. The molecule has 0 radical (unpaired) electrons. The zero-order valence-corrected chi connectivity index (χ0v) is 20.8. The lowest BCUT2D eigenvalue weighted by Crippen LogP contribution is -2.24. The van der Waals surface area contributed by atoms with Crippen molar-refractivity contribution in [3.63, 3.8) is 0 Å². The van der Waals surface area contributed by atoms with Gasteiger partial charge in [-0.2, -0.15) is 5.10 Å². The monoisotopic (exact) mass is 492 g/mol. The van der Waals surface area contributed by atoms with E-state index in [2.05, 4.69) is 21.6 Å². The molecule has 0 aliphatic carbocycles. The smallest absolute Gasteiger partial charge is 0.266 e. The first kappa shape index (κ1) is 23.5. The van der Waals surface area contributed by atoms with Crippen molar-refractivity contribution in [1.29, 1.82) is 0 Å². The number of hydrogen-bond acceptors (Lipinski definition) is 5. The number of amides is 1. The van der Waals surface area contributed by atoms with Gasteiger partial charge >= 0.3 is 0 Å². The Bertz CT molecular complexity index is 1670. The van der Waals surface area contributed by atoms with Gasteiger partial charge in [0.05, 0.1) is 28.1 Å². The standard InChI is InChI=1S/C29H24N4O2S/c1-19-11-15-24(16-12-19)33-28(35)25-9-5-6-10-26(25)30-29(33)36-18-27(34)32-31-20(2)22-14-13-21-7-3-4-8-23(21)17-22/h3-17H,18H2,1-2H3,(H,32,34). The highest BCUT2D eigenvalue weighted by molar-refractivity contribution is 7.99. The summed E-state index contributed by atoms with van der Waals surface area (Å²) in [4.78, 5) is 30.7. The Kier molecular flexibility index (Phi) is 6.64. The van der Waals surface area contributed by atoms with Crippen LogP contribution in [0.3, 0.4) is 0 Å². The minimum atomic E-state index is -0.280. The third-order valence-corrected chi connectivity index (χ3v) is 6.82. The van der Waals surface area contributed by atoms with Crippen LogP contribution in [0.5, 0.6) is 0 Å². The average molecular weight is 493 g/mol. The van der Waals surface area contributed by atoms with Gasteiger partial charge in [-0.1, -0.05) is 78.0 Å². The van der Waals surface area contributed by atoms with E-state index in [1.54, 1.807) is 16.7 Å². The van der Waals surface area contributed by atoms with Crippen LogP contribution in [-0.4, -0.2) is 26.9 Å². The first-order chi connectivity index (χ1) is 17.5. The quantitative estimate of drug-likeness (QED) is 0.147. The molecule has 1 amide bonds. The second-order valence-corrected chi connectivity index (χ2v) is 9.41. The lowest BCUT2D eigenvalue weighted by molar-refractivity contribution is -0.118. The SMILES string of the molecule is CC(=NNC(=O)CSc1nc2ccccc2c(=O)n1-c1ccc(C)cc1)c1ccc2ccccc2c1. The van der Waals surface area contributed by atoms with Crippen molar-refractivity contribution in [2.24, 2.45) is 5.10 Å². The van der Waals surface area contributed by atoms with Crippen molar-refractivity contribution in [2.75, 3.05) is 5.75 Å². The minimum Gasteiger partial charge on any atom is -0.272 e. The van der Waals surface area contributed by atoms with Crippen molar-refractivity contribution in [2.45, 2.75) is 19.0 Å². The van der Waals surface area contributed by atoms with Gasteiger partial charge in [0.25, 0.3) is 11.5 Å². The number of carbonyl (C=O) groups is 1. The molecule has 6 nitrogen and oxygen atoms in total. The van der Waals surface area contributed by atoms with Crippen LogP contribution in [0.25, 0.3) is 27.4 Å². The molecule has 0 spiro atoms. The molecule has 7 heteroatoms. The summed E-state index contributed by atoms with van der Waals surface area (Å²) in [6.07, 6.45) is 0. The van der Waals surface area contributed by atoms with Crippen LogP contribution < -0.4 is 11.0 Å². The molecule has 178 valence electrons. The first-order valence-corrected chi connectivity index (χ1v) is 12.5. The van der Waals surface area contributed by atoms with Crippen molar-refractivity contribution in [3.8, 4) is 5.69 Å². The topological polar surface area (TPSA) is 76.3 Å². The van der Waals surface area contributed by atoms with Gasteiger partial charge in [-0.05, 0) is 60.5 Å². The molecule has 4 aromatic carbocycles. The number of carbonyl (C=O) groups excluding carboxylic acids is 1. The number of thioether (sulfide) groups is 1. The second-order valence-electron chi connectivity index (χ2n) is 8.47. The van der Waals surface area contributed by atoms with E-state index in [1.165, 1.54) is 11.8 Å². The fourth-order valence-corrected chi connectivity index (χ4v) is 4.72. The number of rotatable bonds is 6. The molecular weight excluding hydrogens is 468 g/mol. The number of aryl methyl sites for hydroxylation is 1. The number of nitrogens with zero attached hydrogens (tertiary/aromatic N) is 3. The van der Waals surface area contributed by atoms with Crippen LogP contribution in [0.1, 0.15) is 18.1 Å². The Labute approximate surface area is 212 Å². The van der Waals surface area contributed by atoms with Gasteiger partial charge in [0.2, 0.25) is 0 Å². The Morgan fingerprint density at radius 2 is 1.67 bits per heavy atom. The van der Waals surface area contributed by atoms with Gasteiger partial charge in [-0.15, -0.1) is 0 Å². The van der Waals surface area contributed by atoms with E-state index in [9.17, 15) is 9.59 Å². The summed E-state index contributed by atoms with van der Waals surface area (Å²) in [6, 6.07) is 29.1. The molecule has 5 aromatic rings. The summed E-state index contributed by atoms with van der Waals surface area (Å²) in [5, 5.41) is 7.53. The number of hydrogen-bond donors (Lipinski definition) is 1. The number of para-hydroxylation sites is 1. The van der Waals surface area contributed by atoms with Gasteiger partial charge in [0, 0.05) is 0 Å². The van der Waals surface area contributed by atoms with Crippen LogP contribution >= 0.6 is 11.8 Å². The largest absolute Gasteiger partial charge is 0.272 e. The summed E-state index contributed by atoms with van der Waals surface area (Å²) in [6.45, 7) is 3.85. The Morgan fingerprint density at radius 3 is 2.47 bits per heavy atom. The highest BCUT2D eigenvalue weighted by Crippen LogP contribution is 2.22. The number of benzene rings is 4. The molecule has 36 heavy (non-hydrogen) atoms. The van der Waals surface area contributed by atoms with E-state index in [1.807, 2.05) is 86.6 Å². The van der Waals surface area contributed by atoms with Crippen molar-refractivity contribution in [1.82, 2.24) is 15.0 Å². The van der Waals surface area contributed by atoms with E-state index in [0.717, 1.165) is 21.9 Å². The summed E-state index contributed by atoms with van der Waals surface area (Å²) in [7, 11) is 0. The summed E-state index contributed by atoms with van der Waals surface area (Å²) < 4.78 is 1.56. The summed E-state index contributed by atoms with van der Waals surface area (Å²) >= 11 is 1.20. The maximum absolute atomic E-state index is 13.3. The number of nitrogens with one attached hydrogen (secondary N) is 1. The molecule has 1 N–H and O–H groups in total. The van der Waals surface area contributed by atoms with Crippen LogP contribution in [0, 0.1) is 6.92 Å². The normalized spacial score (nSPS) is 11.7. The van der Waals surface area contributed by atoms with E-state index >= 15 is 0 Å². The van der Waals surface area contributed by atoms with Crippen molar-refractivity contribution < 1.29 is 4.79 Å². The van der Waals surface area contributed by atoms with Crippen LogP contribution in [0.4, 0.5) is 0 Å². The van der Waals surface area contributed by atoms with Gasteiger partial charge in [0.15, 0.2) is 5.16 Å². The third-order valence-electron chi connectivity index (χ3n) is 5.89. The third kappa shape index (κ3) is 4.92. The van der Waals surface area contributed by atoms with Crippen molar-refractivity contribution >= 4 is 45.1 Å². The highest BCUT2D eigenvalue weighted by atomic mass is 32.2. The molecule has 0 fully saturated rings. The molecule has 5 rings (SSSR count). The predicted molar refractivity (Wildman–Crippen MR) is 147 cm³/mol. The van der Waals surface area contributed by atoms with Gasteiger partial charge in [0.1, 0.15) is 0 Å². The molecule has 0 saturated heterocycles. The lowest BCUT2D eigenvalue weighted by atomic mass is 10.0. The van der Waals surface area contributed by atoms with E-state index < -0.39 is 0 Å². The van der Waals surface area contributed by atoms with Gasteiger partial charge in [-0.25, -0.2) is 10.4 Å². The Balaban J connectivity index is 1.37. The fourth-order valence-electron chi connectivity index (χ4n) is 3.92. The maximum atomic E-state index is 13.3. The molecule has 0 unspecified atom stereocenters. The zero-order chi connectivity index (χ0) is 25.1. The Hall–Kier alpha value is -4.23. The molecule has 1 heterocycles. The maximum Gasteiger partial charge on any atom is 0.266 e. The zero-order valence-electron chi connectivity index (χ0n) is 19.9. The van der Waals surface area contributed by atoms with Crippen molar-refractivity contribution in [3.05, 3.63) is 112 Å². The predicted octanol–water partition coefficient (Wildman–Crippen LogP) is 5.48. The Morgan fingerprint density at radius 1 is 0.944 bits per heavy atom. The second kappa shape index (κ2) is 10.2. The lowest BCUT2D eigenvalue weighted by Gasteiger charge is -2.13. The van der Waals surface area contributed by atoms with Gasteiger partial charge < -0.3 is 0 Å². The van der Waals surface area contributed by atoms with Crippen LogP contribution in [0.2, 0.25) is 0 Å². The van der Waals surface area contributed by atoms with E-state index in [0.29, 0.717) is 27.5 Å². The highest BCUT2D eigenvalue weighted by Gasteiger charge is 2.15. The minimum absolute atomic E-state index is 0.0607. The van der Waals surface area contributed by atoms with E-state index in [4.69, 9.17) is 0 Å². The number of hydrazone groups is 1. The molecule has 0 aliphatic rings. The first-order valence-electron chi connectivity index (χ1n) is 11.5. The molecule has 0 saturated carbocycles. The van der Waals surface area contributed by atoms with Crippen LogP contribution in [-0.2, 0) is 4.79 Å². The average Bonchev–Trinajstić information content (AvgIpc) is 2.91. The molecular formula is C29H24N4O2S. The fraction of sp³-hybridized carbons (Fsp3) is 0.103. The summed E-state index contributed by atoms with van der Waals surface area (Å²) in [5.41, 5.74) is 6.50. The molecule has 0 aliphatic heterocycles. The molecule has 1 aromatic heterocycles.